The molecule has 5 rings (SSSR count). The van der Waals surface area contributed by atoms with E-state index >= 15 is 0 Å². The van der Waals surface area contributed by atoms with Crippen LogP contribution in [0.15, 0.2) is 43.0 Å². The van der Waals surface area contributed by atoms with Crippen LogP contribution in [0.3, 0.4) is 0 Å². The topological polar surface area (TPSA) is 135 Å². The van der Waals surface area contributed by atoms with Crippen molar-refractivity contribution in [3.8, 4) is 0 Å². The molecule has 0 amide bonds. The van der Waals surface area contributed by atoms with Gasteiger partial charge in [-0.3, -0.25) is 4.57 Å². The predicted molar refractivity (Wildman–Crippen MR) is 115 cm³/mol. The number of anilines is 1. The van der Waals surface area contributed by atoms with Crippen LogP contribution >= 0.6 is 0 Å². The van der Waals surface area contributed by atoms with Gasteiger partial charge in [0.2, 0.25) is 0 Å². The molecule has 3 heterocycles. The van der Waals surface area contributed by atoms with Crippen LogP contribution in [0.1, 0.15) is 31.1 Å². The number of fused-ring (bicyclic) bond motifs is 1. The fourth-order valence-corrected chi connectivity index (χ4v) is 4.50. The number of nitrogens with one attached hydrogen (secondary N) is 1. The van der Waals surface area contributed by atoms with E-state index in [9.17, 15) is 15.3 Å². The molecule has 2 fully saturated rings. The number of hydrogen-bond donors (Lipinski definition) is 4. The SMILES string of the molecule is OC[C@H]1OC(n2cnc3c(N[C@@H]4CCCC4OCc4ccccc4)ncnc32)[C@H](O)[C@@H]1O. The first kappa shape index (κ1) is 21.2. The summed E-state index contributed by atoms with van der Waals surface area (Å²) in [5, 5.41) is 33.3. The summed E-state index contributed by atoms with van der Waals surface area (Å²) in [6, 6.07) is 10.2. The minimum atomic E-state index is -1.21. The van der Waals surface area contributed by atoms with Crippen LogP contribution in [0.4, 0.5) is 5.82 Å². The van der Waals surface area contributed by atoms with Crippen LogP contribution < -0.4 is 5.32 Å². The van der Waals surface area contributed by atoms with E-state index in [0.29, 0.717) is 23.6 Å². The highest BCUT2D eigenvalue weighted by molar-refractivity contribution is 5.82. The third-order valence-corrected chi connectivity index (χ3v) is 6.23. The Morgan fingerprint density at radius 1 is 1.09 bits per heavy atom. The van der Waals surface area contributed by atoms with E-state index in [0.717, 1.165) is 24.8 Å². The summed E-state index contributed by atoms with van der Waals surface area (Å²) in [4.78, 5) is 13.1. The lowest BCUT2D eigenvalue weighted by Gasteiger charge is -2.22. The predicted octanol–water partition coefficient (Wildman–Crippen LogP) is 0.988. The highest BCUT2D eigenvalue weighted by atomic mass is 16.6. The van der Waals surface area contributed by atoms with Gasteiger partial charge in [0.1, 0.15) is 24.6 Å². The molecule has 1 saturated carbocycles. The minimum absolute atomic E-state index is 0.0581. The van der Waals surface area contributed by atoms with E-state index in [1.165, 1.54) is 12.7 Å². The molecular weight excluding hydrogens is 414 g/mol. The van der Waals surface area contributed by atoms with E-state index < -0.39 is 31.1 Å². The zero-order valence-electron chi connectivity index (χ0n) is 17.5. The fraction of sp³-hybridized carbons (Fsp3) is 0.500. The molecule has 2 unspecified atom stereocenters. The molecular formula is C22H27N5O5. The first-order valence-electron chi connectivity index (χ1n) is 10.9. The number of imidazole rings is 1. The Bertz CT molecular complexity index is 1050. The molecule has 2 aromatic heterocycles. The molecule has 1 aromatic carbocycles. The summed E-state index contributed by atoms with van der Waals surface area (Å²) in [6.45, 7) is 0.165. The maximum atomic E-state index is 10.4. The average molecular weight is 441 g/mol. The molecule has 6 atom stereocenters. The Hall–Kier alpha value is -2.63. The van der Waals surface area contributed by atoms with Crippen molar-refractivity contribution in [1.29, 1.82) is 0 Å². The Morgan fingerprint density at radius 2 is 1.94 bits per heavy atom. The summed E-state index contributed by atoms with van der Waals surface area (Å²) >= 11 is 0. The molecule has 0 spiro atoms. The zero-order valence-corrected chi connectivity index (χ0v) is 17.5. The number of aliphatic hydroxyl groups excluding tert-OH is 3. The van der Waals surface area contributed by atoms with Gasteiger partial charge < -0.3 is 30.1 Å². The van der Waals surface area contributed by atoms with Crippen LogP contribution in [-0.4, -0.2) is 71.9 Å². The largest absolute Gasteiger partial charge is 0.394 e. The molecule has 0 radical (unpaired) electrons. The number of ether oxygens (including phenoxy) is 2. The van der Waals surface area contributed by atoms with E-state index in [1.807, 2.05) is 18.2 Å². The zero-order chi connectivity index (χ0) is 22.1. The normalized spacial score (nSPS) is 30.2. The fourth-order valence-electron chi connectivity index (χ4n) is 4.50. The van der Waals surface area contributed by atoms with Gasteiger partial charge in [-0.1, -0.05) is 30.3 Å². The Labute approximate surface area is 184 Å². The summed E-state index contributed by atoms with van der Waals surface area (Å²) < 4.78 is 13.4. The van der Waals surface area contributed by atoms with Crippen LogP contribution in [0.2, 0.25) is 0 Å². The van der Waals surface area contributed by atoms with Crippen molar-refractivity contribution < 1.29 is 24.8 Å². The first-order chi connectivity index (χ1) is 15.7. The highest BCUT2D eigenvalue weighted by Crippen LogP contribution is 2.33. The number of aromatic nitrogens is 4. The molecule has 2 aliphatic rings. The summed E-state index contributed by atoms with van der Waals surface area (Å²) in [6.07, 6.45) is 1.81. The summed E-state index contributed by atoms with van der Waals surface area (Å²) in [5.41, 5.74) is 2.15. The van der Waals surface area contributed by atoms with Gasteiger partial charge in [-0.05, 0) is 24.8 Å². The lowest BCUT2D eigenvalue weighted by molar-refractivity contribution is -0.0511. The van der Waals surface area contributed by atoms with Crippen LogP contribution in [0.5, 0.6) is 0 Å². The van der Waals surface area contributed by atoms with E-state index in [4.69, 9.17) is 9.47 Å². The number of rotatable bonds is 7. The third kappa shape index (κ3) is 3.96. The summed E-state index contributed by atoms with van der Waals surface area (Å²) in [7, 11) is 0. The molecule has 0 bridgehead atoms. The lowest BCUT2D eigenvalue weighted by Crippen LogP contribution is -2.33. The molecule has 10 heteroatoms. The minimum Gasteiger partial charge on any atom is -0.394 e. The second-order valence-corrected chi connectivity index (χ2v) is 8.29. The molecule has 3 aromatic rings. The van der Waals surface area contributed by atoms with E-state index in [-0.39, 0.29) is 12.1 Å². The van der Waals surface area contributed by atoms with Gasteiger partial charge in [0.15, 0.2) is 23.2 Å². The van der Waals surface area contributed by atoms with Gasteiger partial charge in [-0.2, -0.15) is 0 Å². The second-order valence-electron chi connectivity index (χ2n) is 8.29. The van der Waals surface area contributed by atoms with Crippen LogP contribution in [0, 0.1) is 0 Å². The van der Waals surface area contributed by atoms with Crippen molar-refractivity contribution in [2.24, 2.45) is 0 Å². The van der Waals surface area contributed by atoms with Crippen molar-refractivity contribution in [3.63, 3.8) is 0 Å². The molecule has 1 aliphatic carbocycles. The van der Waals surface area contributed by atoms with Gasteiger partial charge >= 0.3 is 0 Å². The Kier molecular flexibility index (Phi) is 6.03. The van der Waals surface area contributed by atoms with Crippen molar-refractivity contribution >= 4 is 17.0 Å². The number of nitrogens with zero attached hydrogens (tertiary/aromatic N) is 4. The molecule has 170 valence electrons. The van der Waals surface area contributed by atoms with Gasteiger partial charge in [0, 0.05) is 0 Å². The second kappa shape index (κ2) is 9.08. The number of benzene rings is 1. The maximum absolute atomic E-state index is 10.4. The Morgan fingerprint density at radius 3 is 2.72 bits per heavy atom. The van der Waals surface area contributed by atoms with Crippen LogP contribution in [-0.2, 0) is 16.1 Å². The van der Waals surface area contributed by atoms with Gasteiger partial charge in [-0.15, -0.1) is 0 Å². The van der Waals surface area contributed by atoms with Gasteiger partial charge in [0.25, 0.3) is 0 Å². The quantitative estimate of drug-likeness (QED) is 0.423. The first-order valence-corrected chi connectivity index (χ1v) is 10.9. The van der Waals surface area contributed by atoms with Crippen LogP contribution in [0.25, 0.3) is 11.2 Å². The maximum Gasteiger partial charge on any atom is 0.167 e. The molecule has 32 heavy (non-hydrogen) atoms. The molecule has 1 aliphatic heterocycles. The number of aliphatic hydroxyl groups is 3. The van der Waals surface area contributed by atoms with Crippen molar-refractivity contribution in [2.45, 2.75) is 62.6 Å². The average Bonchev–Trinajstić information content (AvgIpc) is 3.52. The molecule has 1 saturated heterocycles. The van der Waals surface area contributed by atoms with Crippen molar-refractivity contribution in [1.82, 2.24) is 19.5 Å². The highest BCUT2D eigenvalue weighted by Gasteiger charge is 2.44. The Balaban J connectivity index is 1.33. The smallest absolute Gasteiger partial charge is 0.167 e. The molecule has 4 N–H and O–H groups in total. The van der Waals surface area contributed by atoms with Gasteiger partial charge in [-0.25, -0.2) is 15.0 Å². The third-order valence-electron chi connectivity index (χ3n) is 6.23. The van der Waals surface area contributed by atoms with E-state index in [2.05, 4.69) is 32.4 Å². The van der Waals surface area contributed by atoms with Crippen molar-refractivity contribution in [3.05, 3.63) is 48.5 Å². The van der Waals surface area contributed by atoms with Gasteiger partial charge in [0.05, 0.1) is 31.7 Å². The summed E-state index contributed by atoms with van der Waals surface area (Å²) in [5.74, 6) is 0.584. The standard InChI is InChI=1S/C22H27N5O5/c28-9-16-18(29)19(30)22(32-16)27-12-25-17-20(23-11-24-21(17)27)26-14-7-4-8-15(14)31-10-13-5-2-1-3-6-13/h1-3,5-6,11-12,14-16,18-19,22,28-30H,4,7-10H2,(H,23,24,26)/t14-,15?,16-,18-,19-,22?/m1/s1. The van der Waals surface area contributed by atoms with E-state index in [1.54, 1.807) is 4.57 Å². The van der Waals surface area contributed by atoms with Crippen molar-refractivity contribution in [2.75, 3.05) is 11.9 Å². The lowest BCUT2D eigenvalue weighted by atomic mass is 10.1. The monoisotopic (exact) mass is 441 g/mol. The molecule has 10 nitrogen and oxygen atoms in total. The number of hydrogen-bond acceptors (Lipinski definition) is 9.